The highest BCUT2D eigenvalue weighted by molar-refractivity contribution is 5.84. The third-order valence-corrected chi connectivity index (χ3v) is 14.2. The number of nitrogens with zero attached hydrogens (tertiary/aromatic N) is 1. The van der Waals surface area contributed by atoms with E-state index >= 15 is 0 Å². The molecule has 4 saturated carbocycles. The number of carbonyl (C=O) groups is 2. The van der Waals surface area contributed by atoms with Crippen LogP contribution in [0.15, 0.2) is 11.6 Å². The lowest BCUT2D eigenvalue weighted by atomic mass is 9.33. The highest BCUT2D eigenvalue weighted by atomic mass is 16.5. The molecule has 5 heteroatoms. The molecule has 4 fully saturated rings. The summed E-state index contributed by atoms with van der Waals surface area (Å²) in [6.45, 7) is 20.6. The topological polar surface area (TPSA) is 58.6 Å². The van der Waals surface area contributed by atoms with E-state index in [1.54, 1.807) is 12.5 Å². The number of nitrogens with one attached hydrogen (secondary N) is 1. The minimum absolute atomic E-state index is 0.0125. The Morgan fingerprint density at radius 1 is 0.927 bits per heavy atom. The molecule has 0 aromatic rings. The second-order valence-electron chi connectivity index (χ2n) is 17.4. The van der Waals surface area contributed by atoms with E-state index < -0.39 is 0 Å². The zero-order valence-corrected chi connectivity index (χ0v) is 28.0. The lowest BCUT2D eigenvalue weighted by Crippen LogP contribution is -2.65. The van der Waals surface area contributed by atoms with E-state index in [0.29, 0.717) is 23.7 Å². The molecule has 0 radical (unpaired) electrons. The van der Waals surface area contributed by atoms with Gasteiger partial charge in [0.2, 0.25) is 5.91 Å². The first-order chi connectivity index (χ1) is 18.9. The van der Waals surface area contributed by atoms with Crippen molar-refractivity contribution in [3.05, 3.63) is 11.6 Å². The number of esters is 1. The van der Waals surface area contributed by atoms with Crippen molar-refractivity contribution in [3.63, 3.8) is 0 Å². The summed E-state index contributed by atoms with van der Waals surface area (Å²) in [6.07, 6.45) is 13.7. The van der Waals surface area contributed by atoms with Crippen molar-refractivity contribution in [2.75, 3.05) is 27.2 Å². The van der Waals surface area contributed by atoms with Crippen LogP contribution in [0.4, 0.5) is 0 Å². The number of hydrogen-bond acceptors (Lipinski definition) is 4. The normalized spacial score (nSPS) is 44.4. The lowest BCUT2D eigenvalue weighted by Gasteiger charge is -2.71. The standard InChI is InChI=1S/C36H60N2O3/c1-24(39)41-29-14-15-33(6)27(32(29,4)5)13-16-35(8)28(33)12-11-25-26-23-31(2,3)17-19-36(26,20-18-34(25,35)7)30(40)37-21-22-38(9)10/h11,26-29H,12-23H2,1-10H3,(H,37,40)/t26-,27-,28-,29-,33+,34+,35-,36+/m1/s1. The number of hydrogen-bond donors (Lipinski definition) is 1. The second-order valence-corrected chi connectivity index (χ2v) is 17.4. The first-order valence-corrected chi connectivity index (χ1v) is 16.7. The van der Waals surface area contributed by atoms with Crippen LogP contribution in [0.5, 0.6) is 0 Å². The van der Waals surface area contributed by atoms with Gasteiger partial charge >= 0.3 is 5.97 Å². The third kappa shape index (κ3) is 4.65. The van der Waals surface area contributed by atoms with Gasteiger partial charge in [-0.05, 0) is 118 Å². The SMILES string of the molecule is CC(=O)O[C@@H]1CC[C@@]2(C)[C@H](CC[C@]3(C)[C@@H]2CC=C2[C@H]4CC(C)(C)CC[C@]4(C(=O)NCCN(C)C)CC[C@@]23C)C1(C)C. The zero-order valence-electron chi connectivity index (χ0n) is 28.0. The van der Waals surface area contributed by atoms with Crippen LogP contribution >= 0.6 is 0 Å². The molecule has 0 saturated heterocycles. The minimum atomic E-state index is -0.262. The van der Waals surface area contributed by atoms with Crippen molar-refractivity contribution in [2.45, 2.75) is 126 Å². The third-order valence-electron chi connectivity index (χ3n) is 14.2. The zero-order chi connectivity index (χ0) is 30.2. The highest BCUT2D eigenvalue weighted by Crippen LogP contribution is 2.75. The van der Waals surface area contributed by atoms with Gasteiger partial charge in [-0.1, -0.05) is 60.1 Å². The van der Waals surface area contributed by atoms with Gasteiger partial charge in [0.15, 0.2) is 0 Å². The van der Waals surface area contributed by atoms with Crippen molar-refractivity contribution >= 4 is 11.9 Å². The monoisotopic (exact) mass is 568 g/mol. The molecule has 5 rings (SSSR count). The first kappa shape index (κ1) is 31.1. The van der Waals surface area contributed by atoms with E-state index in [2.05, 4.69) is 78.9 Å². The molecule has 0 bridgehead atoms. The van der Waals surface area contributed by atoms with Crippen molar-refractivity contribution in [2.24, 2.45) is 50.2 Å². The Morgan fingerprint density at radius 2 is 1.61 bits per heavy atom. The number of allylic oxidation sites excluding steroid dienone is 2. The van der Waals surface area contributed by atoms with Crippen molar-refractivity contribution in [3.8, 4) is 0 Å². The van der Waals surface area contributed by atoms with Crippen LogP contribution in [-0.2, 0) is 14.3 Å². The fourth-order valence-corrected chi connectivity index (χ4v) is 11.6. The Kier molecular flexibility index (Phi) is 7.65. The van der Waals surface area contributed by atoms with Crippen LogP contribution in [0.2, 0.25) is 0 Å². The van der Waals surface area contributed by atoms with Gasteiger partial charge in [0.1, 0.15) is 6.10 Å². The molecule has 232 valence electrons. The first-order valence-electron chi connectivity index (χ1n) is 16.7. The van der Waals surface area contributed by atoms with Gasteiger partial charge in [-0.25, -0.2) is 0 Å². The molecule has 0 aromatic heterocycles. The average molecular weight is 569 g/mol. The highest BCUT2D eigenvalue weighted by Gasteiger charge is 2.69. The predicted octanol–water partition coefficient (Wildman–Crippen LogP) is 7.40. The molecule has 0 aliphatic heterocycles. The van der Waals surface area contributed by atoms with E-state index in [1.165, 1.54) is 12.8 Å². The van der Waals surface area contributed by atoms with E-state index in [-0.39, 0.29) is 44.6 Å². The number of fused-ring (bicyclic) bond motifs is 7. The summed E-state index contributed by atoms with van der Waals surface area (Å²) >= 11 is 0. The van der Waals surface area contributed by atoms with Gasteiger partial charge < -0.3 is 15.0 Å². The number of rotatable bonds is 5. The molecular formula is C36H60N2O3. The Morgan fingerprint density at radius 3 is 2.27 bits per heavy atom. The summed E-state index contributed by atoms with van der Waals surface area (Å²) in [7, 11) is 4.15. The molecule has 1 amide bonds. The van der Waals surface area contributed by atoms with Gasteiger partial charge in [0.05, 0.1) is 5.41 Å². The number of likely N-dealkylation sites (N-methyl/N-ethyl adjacent to an activating group) is 1. The van der Waals surface area contributed by atoms with Gasteiger partial charge in [-0.2, -0.15) is 0 Å². The summed E-state index contributed by atoms with van der Waals surface area (Å²) in [6, 6.07) is 0. The molecule has 8 atom stereocenters. The number of carbonyl (C=O) groups excluding carboxylic acids is 2. The van der Waals surface area contributed by atoms with Crippen LogP contribution in [0.25, 0.3) is 0 Å². The Labute approximate surface area is 251 Å². The lowest BCUT2D eigenvalue weighted by molar-refractivity contribution is -0.212. The maximum atomic E-state index is 14.1. The number of amides is 1. The fourth-order valence-electron chi connectivity index (χ4n) is 11.6. The molecule has 5 aliphatic carbocycles. The second kappa shape index (κ2) is 10.1. The summed E-state index contributed by atoms with van der Waals surface area (Å²) in [5.74, 6) is 1.67. The van der Waals surface area contributed by atoms with Crippen LogP contribution in [0.3, 0.4) is 0 Å². The van der Waals surface area contributed by atoms with Gasteiger partial charge in [0, 0.05) is 25.4 Å². The summed E-state index contributed by atoms with van der Waals surface area (Å²) in [4.78, 5) is 28.2. The number of ether oxygens (including phenoxy) is 1. The summed E-state index contributed by atoms with van der Waals surface area (Å²) in [5.41, 5.74) is 2.16. The van der Waals surface area contributed by atoms with Gasteiger partial charge in [-0.3, -0.25) is 9.59 Å². The van der Waals surface area contributed by atoms with Crippen LogP contribution < -0.4 is 5.32 Å². The molecule has 41 heavy (non-hydrogen) atoms. The van der Waals surface area contributed by atoms with E-state index in [1.807, 2.05) is 0 Å². The van der Waals surface area contributed by atoms with Crippen molar-refractivity contribution < 1.29 is 14.3 Å². The maximum Gasteiger partial charge on any atom is 0.302 e. The maximum absolute atomic E-state index is 14.1. The van der Waals surface area contributed by atoms with Crippen molar-refractivity contribution in [1.29, 1.82) is 0 Å². The Balaban J connectivity index is 1.50. The fraction of sp³-hybridized carbons (Fsp3) is 0.889. The largest absolute Gasteiger partial charge is 0.462 e. The molecule has 0 heterocycles. The van der Waals surface area contributed by atoms with E-state index in [0.717, 1.165) is 64.5 Å². The molecule has 5 aliphatic rings. The molecule has 1 N–H and O–H groups in total. The summed E-state index contributed by atoms with van der Waals surface area (Å²) < 4.78 is 5.93. The molecule has 0 spiro atoms. The molecule has 0 aromatic carbocycles. The Hall–Kier alpha value is -1.36. The minimum Gasteiger partial charge on any atom is -0.462 e. The van der Waals surface area contributed by atoms with Crippen LogP contribution in [0.1, 0.15) is 120 Å². The van der Waals surface area contributed by atoms with Gasteiger partial charge in [0.25, 0.3) is 0 Å². The molecule has 5 nitrogen and oxygen atoms in total. The van der Waals surface area contributed by atoms with Crippen LogP contribution in [0, 0.1) is 50.2 Å². The van der Waals surface area contributed by atoms with Crippen LogP contribution in [-0.4, -0.2) is 50.1 Å². The van der Waals surface area contributed by atoms with Crippen molar-refractivity contribution in [1.82, 2.24) is 10.2 Å². The van der Waals surface area contributed by atoms with E-state index in [4.69, 9.17) is 4.74 Å². The predicted molar refractivity (Wildman–Crippen MR) is 166 cm³/mol. The van der Waals surface area contributed by atoms with Gasteiger partial charge in [-0.15, -0.1) is 0 Å². The molecule has 0 unspecified atom stereocenters. The summed E-state index contributed by atoms with van der Waals surface area (Å²) in [5, 5.41) is 3.40. The van der Waals surface area contributed by atoms with E-state index in [9.17, 15) is 9.59 Å². The smallest absolute Gasteiger partial charge is 0.302 e. The Bertz CT molecular complexity index is 1090. The molecular weight excluding hydrogens is 508 g/mol. The average Bonchev–Trinajstić information content (AvgIpc) is 2.85. The quantitative estimate of drug-likeness (QED) is 0.277.